The molecule has 0 aliphatic heterocycles. The topological polar surface area (TPSA) is 111 Å². The van der Waals surface area contributed by atoms with Crippen LogP contribution in [0.25, 0.3) is 0 Å². The van der Waals surface area contributed by atoms with Crippen LogP contribution in [-0.4, -0.2) is 38.9 Å². The highest BCUT2D eigenvalue weighted by atomic mass is 32.2. The van der Waals surface area contributed by atoms with E-state index in [1.165, 1.54) is 19.2 Å². The minimum atomic E-state index is -5.59. The monoisotopic (exact) mass is 586 g/mol. The number of sulfone groups is 1. The second-order valence-corrected chi connectivity index (χ2v) is 11.7. The lowest BCUT2D eigenvalue weighted by Gasteiger charge is -2.28. The lowest BCUT2D eigenvalue weighted by molar-refractivity contribution is -0.121. The lowest BCUT2D eigenvalue weighted by atomic mass is 9.87. The molecule has 0 spiro atoms. The third-order valence-corrected chi connectivity index (χ3v) is 8.65. The summed E-state index contributed by atoms with van der Waals surface area (Å²) in [4.78, 5) is 25.8. The number of ether oxygens (including phenoxy) is 2. The number of anilines is 1. The fraction of sp³-hybridized carbons (Fsp3) is 0.241. The van der Waals surface area contributed by atoms with Crippen molar-refractivity contribution in [3.63, 3.8) is 0 Å². The van der Waals surface area contributed by atoms with E-state index >= 15 is 0 Å². The quantitative estimate of drug-likeness (QED) is 0.345. The van der Waals surface area contributed by atoms with E-state index < -0.39 is 44.0 Å². The van der Waals surface area contributed by atoms with E-state index in [1.54, 1.807) is 24.3 Å². The van der Waals surface area contributed by atoms with Crippen molar-refractivity contribution in [1.82, 2.24) is 5.32 Å². The van der Waals surface area contributed by atoms with Gasteiger partial charge < -0.3 is 20.1 Å². The van der Waals surface area contributed by atoms with Crippen LogP contribution in [0.4, 0.5) is 18.9 Å². The molecular weight excluding hydrogens is 561 g/mol. The normalized spacial score (nSPS) is 21.4. The van der Waals surface area contributed by atoms with Crippen LogP contribution >= 0.6 is 0 Å². The number of rotatable bonds is 8. The molecule has 0 unspecified atom stereocenters. The van der Waals surface area contributed by atoms with Crippen LogP contribution in [-0.2, 0) is 14.6 Å². The van der Waals surface area contributed by atoms with Crippen molar-refractivity contribution in [3.05, 3.63) is 90.5 Å². The Morgan fingerprint density at radius 1 is 0.902 bits per heavy atom. The van der Waals surface area contributed by atoms with Gasteiger partial charge in [0, 0.05) is 11.7 Å². The van der Waals surface area contributed by atoms with E-state index in [4.69, 9.17) is 9.47 Å². The molecule has 41 heavy (non-hydrogen) atoms. The number of alkyl halides is 3. The molecule has 5 rings (SSSR count). The van der Waals surface area contributed by atoms with Crippen molar-refractivity contribution in [3.8, 4) is 17.2 Å². The molecule has 0 saturated heterocycles. The fourth-order valence-electron chi connectivity index (χ4n) is 5.26. The minimum Gasteiger partial charge on any atom is -0.496 e. The van der Waals surface area contributed by atoms with E-state index in [1.807, 2.05) is 30.4 Å². The van der Waals surface area contributed by atoms with Crippen molar-refractivity contribution >= 4 is 27.3 Å². The Bertz CT molecular complexity index is 1610. The van der Waals surface area contributed by atoms with Gasteiger partial charge >= 0.3 is 5.51 Å². The zero-order valence-electron chi connectivity index (χ0n) is 21.6. The van der Waals surface area contributed by atoms with Gasteiger partial charge in [-0.15, -0.1) is 0 Å². The Labute approximate surface area is 234 Å². The van der Waals surface area contributed by atoms with E-state index in [0.717, 1.165) is 18.2 Å². The molecule has 2 aliphatic carbocycles. The summed E-state index contributed by atoms with van der Waals surface area (Å²) in [7, 11) is -4.17. The highest BCUT2D eigenvalue weighted by molar-refractivity contribution is 7.92. The first-order valence-electron chi connectivity index (χ1n) is 12.6. The van der Waals surface area contributed by atoms with Crippen LogP contribution in [0, 0.1) is 17.8 Å². The van der Waals surface area contributed by atoms with Gasteiger partial charge in [-0.3, -0.25) is 9.59 Å². The molecular formula is C29H25F3N2O6S. The number of nitrogens with one attached hydrogen (secondary N) is 2. The number of benzene rings is 3. The summed E-state index contributed by atoms with van der Waals surface area (Å²) in [6.45, 7) is 0. The average Bonchev–Trinajstić information content (AvgIpc) is 3.55. The molecule has 0 aromatic heterocycles. The highest BCUT2D eigenvalue weighted by Gasteiger charge is 2.49. The zero-order chi connectivity index (χ0) is 29.4. The van der Waals surface area contributed by atoms with Crippen LogP contribution in [0.5, 0.6) is 17.2 Å². The third-order valence-electron chi connectivity index (χ3n) is 7.17. The average molecular weight is 587 g/mol. The first-order chi connectivity index (χ1) is 19.5. The molecule has 1 fully saturated rings. The smallest absolute Gasteiger partial charge is 0.496 e. The Kier molecular flexibility index (Phi) is 7.52. The molecule has 4 atom stereocenters. The Morgan fingerprint density at radius 2 is 1.63 bits per heavy atom. The van der Waals surface area contributed by atoms with Gasteiger partial charge in [-0.2, -0.15) is 13.2 Å². The fourth-order valence-corrected chi connectivity index (χ4v) is 6.07. The van der Waals surface area contributed by atoms with Crippen molar-refractivity contribution in [2.24, 2.45) is 17.8 Å². The number of hydrogen-bond donors (Lipinski definition) is 2. The molecule has 214 valence electrons. The number of hydrogen-bond acceptors (Lipinski definition) is 6. The maximum atomic E-state index is 13.5. The summed E-state index contributed by atoms with van der Waals surface area (Å²) in [6.07, 6.45) is 4.39. The van der Waals surface area contributed by atoms with E-state index in [9.17, 15) is 31.2 Å². The van der Waals surface area contributed by atoms with Gasteiger partial charge in [0.2, 0.25) is 5.91 Å². The molecule has 0 heterocycles. The Morgan fingerprint density at radius 3 is 2.34 bits per heavy atom. The molecule has 12 heteroatoms. The summed E-state index contributed by atoms with van der Waals surface area (Å²) in [5, 5.41) is 5.47. The van der Waals surface area contributed by atoms with Crippen molar-refractivity contribution < 1.29 is 40.7 Å². The second-order valence-electron chi connectivity index (χ2n) is 9.72. The zero-order valence-corrected chi connectivity index (χ0v) is 22.4. The number of carbonyl (C=O) groups is 2. The third kappa shape index (κ3) is 5.64. The first-order valence-corrected chi connectivity index (χ1v) is 14.1. The van der Waals surface area contributed by atoms with E-state index in [-0.39, 0.29) is 23.1 Å². The van der Waals surface area contributed by atoms with E-state index in [0.29, 0.717) is 23.7 Å². The number of fused-ring (bicyclic) bond motifs is 2. The first kappa shape index (κ1) is 28.2. The van der Waals surface area contributed by atoms with E-state index in [2.05, 4.69) is 10.6 Å². The van der Waals surface area contributed by atoms with Crippen molar-refractivity contribution in [1.29, 1.82) is 0 Å². The molecule has 2 amide bonds. The SMILES string of the molecule is COc1ccc(Oc2ccccc2)cc1C(=O)N[C@H]1[C@@H](C(=O)Nc2cccc(S(=O)(=O)C(F)(F)F)c2)[C@@H]2C=C[C@H]1C2. The predicted molar refractivity (Wildman–Crippen MR) is 143 cm³/mol. The predicted octanol–water partition coefficient (Wildman–Crippen LogP) is 5.34. The summed E-state index contributed by atoms with van der Waals surface area (Å²) in [5.74, 6) is -0.890. The standard InChI is InChI=1S/C29H25F3N2O6S/c1-39-24-13-12-21(40-20-7-3-2-4-8-20)16-23(24)27(35)34-26-18-11-10-17(14-18)25(26)28(36)33-19-6-5-9-22(15-19)41(37,38)29(30,31)32/h2-13,15-18,25-26H,14H2,1H3,(H,33,36)(H,34,35)/t17-,18+,25+,26-/m1/s1. The van der Waals surface area contributed by atoms with Crippen LogP contribution < -0.4 is 20.1 Å². The molecule has 3 aromatic carbocycles. The number of carbonyl (C=O) groups excluding carboxylic acids is 2. The molecule has 1 saturated carbocycles. The van der Waals surface area contributed by atoms with Crippen LogP contribution in [0.2, 0.25) is 0 Å². The van der Waals surface area contributed by atoms with Gasteiger partial charge in [0.05, 0.1) is 23.5 Å². The van der Waals surface area contributed by atoms with Crippen LogP contribution in [0.3, 0.4) is 0 Å². The molecule has 8 nitrogen and oxygen atoms in total. The van der Waals surface area contributed by atoms with Gasteiger partial charge in [0.25, 0.3) is 15.7 Å². The molecule has 2 bridgehead atoms. The number of halogens is 3. The van der Waals surface area contributed by atoms with Gasteiger partial charge in [0.15, 0.2) is 0 Å². The number of amides is 2. The van der Waals surface area contributed by atoms with Gasteiger partial charge in [-0.05, 0) is 66.8 Å². The van der Waals surface area contributed by atoms with Crippen molar-refractivity contribution in [2.75, 3.05) is 12.4 Å². The molecule has 3 aromatic rings. The highest BCUT2D eigenvalue weighted by Crippen LogP contribution is 2.44. The Hall–Kier alpha value is -4.32. The second kappa shape index (κ2) is 10.9. The molecule has 2 aliphatic rings. The maximum Gasteiger partial charge on any atom is 0.501 e. The Balaban J connectivity index is 1.35. The number of methoxy groups -OCH3 is 1. The minimum absolute atomic E-state index is 0.107. The summed E-state index contributed by atoms with van der Waals surface area (Å²) in [5.41, 5.74) is -5.40. The van der Waals surface area contributed by atoms with Gasteiger partial charge in [0.1, 0.15) is 17.2 Å². The number of allylic oxidation sites excluding steroid dienone is 1. The van der Waals surface area contributed by atoms with Crippen LogP contribution in [0.15, 0.2) is 89.8 Å². The van der Waals surface area contributed by atoms with Crippen LogP contribution in [0.1, 0.15) is 16.8 Å². The summed E-state index contributed by atoms with van der Waals surface area (Å²) < 4.78 is 73.9. The molecule has 0 radical (unpaired) electrons. The maximum absolute atomic E-state index is 13.5. The van der Waals surface area contributed by atoms with Crippen molar-refractivity contribution in [2.45, 2.75) is 22.9 Å². The molecule has 2 N–H and O–H groups in total. The van der Waals surface area contributed by atoms with Gasteiger partial charge in [-0.1, -0.05) is 36.4 Å². The summed E-state index contributed by atoms with van der Waals surface area (Å²) in [6, 6.07) is 17.2. The van der Waals surface area contributed by atoms with Gasteiger partial charge in [-0.25, -0.2) is 8.42 Å². The summed E-state index contributed by atoms with van der Waals surface area (Å²) >= 11 is 0. The number of para-hydroxylation sites is 1. The lowest BCUT2D eigenvalue weighted by Crippen LogP contribution is -2.47. The largest absolute Gasteiger partial charge is 0.501 e.